The van der Waals surface area contributed by atoms with E-state index in [0.717, 1.165) is 60.8 Å². The van der Waals surface area contributed by atoms with Gasteiger partial charge >= 0.3 is 0 Å². The highest BCUT2D eigenvalue weighted by Gasteiger charge is 2.21. The van der Waals surface area contributed by atoms with Crippen LogP contribution in [0.1, 0.15) is 0 Å². The summed E-state index contributed by atoms with van der Waals surface area (Å²) >= 11 is 1.80. The number of rotatable bonds is 4. The molecule has 0 aliphatic heterocycles. The summed E-state index contributed by atoms with van der Waals surface area (Å²) in [6, 6.07) is 52.6. The molecule has 11 aromatic rings. The largest absolute Gasteiger partial charge is 0.456 e. The van der Waals surface area contributed by atoms with Crippen molar-refractivity contribution >= 4 is 75.3 Å². The van der Waals surface area contributed by atoms with Gasteiger partial charge in [0, 0.05) is 69.4 Å². The smallest absolute Gasteiger partial charge is 0.164 e. The van der Waals surface area contributed by atoms with Gasteiger partial charge in [0.05, 0.1) is 0 Å². The second kappa shape index (κ2) is 10.9. The highest BCUT2D eigenvalue weighted by molar-refractivity contribution is 7.26. The van der Waals surface area contributed by atoms with Crippen molar-refractivity contribution < 1.29 is 4.42 Å². The number of fused-ring (bicyclic) bond motifs is 10. The Bertz CT molecular complexity index is 3150. The maximum atomic E-state index is 6.52. The molecule has 0 aliphatic rings. The summed E-state index contributed by atoms with van der Waals surface area (Å²) < 4.78 is 8.97. The maximum absolute atomic E-state index is 6.52. The number of para-hydroxylation sites is 1. The number of benzene rings is 7. The Labute approximate surface area is 295 Å². The van der Waals surface area contributed by atoms with Crippen molar-refractivity contribution in [2.24, 2.45) is 0 Å². The molecule has 1 N–H and O–H groups in total. The molecule has 238 valence electrons. The lowest BCUT2D eigenvalue weighted by Crippen LogP contribution is -2.01. The van der Waals surface area contributed by atoms with Crippen molar-refractivity contribution in [1.82, 2.24) is 19.9 Å². The SMILES string of the molecule is c1ccc(-c2nc(-c3ccccc3-c3ccc4[nH]c5ccccc5c4c3)nc(-c3cccc4oc5ccc6c7ccccc7sc6c5c34)n2)cc1. The fourth-order valence-electron chi connectivity index (χ4n) is 7.55. The molecule has 4 heterocycles. The Morgan fingerprint density at radius 2 is 1.12 bits per heavy atom. The van der Waals surface area contributed by atoms with Crippen LogP contribution < -0.4 is 0 Å². The first kappa shape index (κ1) is 28.2. The molecule has 6 heteroatoms. The quantitative estimate of drug-likeness (QED) is 0.202. The van der Waals surface area contributed by atoms with E-state index in [9.17, 15) is 0 Å². The minimum Gasteiger partial charge on any atom is -0.456 e. The molecule has 0 amide bonds. The van der Waals surface area contributed by atoms with Crippen LogP contribution in [0.3, 0.4) is 0 Å². The molecular formula is C45H26N4OS. The van der Waals surface area contributed by atoms with E-state index < -0.39 is 0 Å². The van der Waals surface area contributed by atoms with E-state index in [0.29, 0.717) is 17.5 Å². The van der Waals surface area contributed by atoms with Crippen LogP contribution in [0.5, 0.6) is 0 Å². The number of nitrogens with one attached hydrogen (secondary N) is 1. The highest BCUT2D eigenvalue weighted by atomic mass is 32.1. The number of furan rings is 1. The number of aromatic nitrogens is 4. The van der Waals surface area contributed by atoms with E-state index >= 15 is 0 Å². The standard InChI is InChI=1S/C45H26N4OS/c1-2-11-26(12-3-1)43-47-44(32-16-5-4-13-28(32)27-21-23-36-34(25-27)29-14-6-8-18-35(29)46-36)49-45(48-43)33-17-10-19-37-40(33)41-38(50-37)24-22-31-30-15-7-9-20-39(30)51-42(31)41/h1-25,46H. The zero-order chi connectivity index (χ0) is 33.5. The Morgan fingerprint density at radius 1 is 0.431 bits per heavy atom. The van der Waals surface area contributed by atoms with Crippen molar-refractivity contribution in [3.63, 3.8) is 0 Å². The summed E-state index contributed by atoms with van der Waals surface area (Å²) in [7, 11) is 0. The van der Waals surface area contributed by atoms with Gasteiger partial charge in [0.15, 0.2) is 17.5 Å². The van der Waals surface area contributed by atoms with Crippen LogP contribution in [0.25, 0.3) is 109 Å². The average Bonchev–Trinajstić information content (AvgIpc) is 3.89. The first-order valence-corrected chi connectivity index (χ1v) is 17.8. The minimum absolute atomic E-state index is 0.604. The van der Waals surface area contributed by atoms with Crippen LogP contribution in [0, 0.1) is 0 Å². The number of hydrogen-bond donors (Lipinski definition) is 1. The maximum Gasteiger partial charge on any atom is 0.164 e. The van der Waals surface area contributed by atoms with Crippen molar-refractivity contribution in [1.29, 1.82) is 0 Å². The molecule has 0 atom stereocenters. The molecular weight excluding hydrogens is 645 g/mol. The third-order valence-electron chi connectivity index (χ3n) is 9.90. The fraction of sp³-hybridized carbons (Fsp3) is 0. The highest BCUT2D eigenvalue weighted by Crippen LogP contribution is 2.45. The summed E-state index contributed by atoms with van der Waals surface area (Å²) in [6.45, 7) is 0. The molecule has 51 heavy (non-hydrogen) atoms. The van der Waals surface area contributed by atoms with Gasteiger partial charge in [-0.25, -0.2) is 15.0 Å². The van der Waals surface area contributed by atoms with E-state index in [2.05, 4.69) is 114 Å². The van der Waals surface area contributed by atoms with Gasteiger partial charge in [0.25, 0.3) is 0 Å². The van der Waals surface area contributed by atoms with E-state index in [1.807, 2.05) is 42.5 Å². The predicted octanol–water partition coefficient (Wildman–Crippen LogP) is 12.4. The van der Waals surface area contributed by atoms with Gasteiger partial charge in [0.1, 0.15) is 11.2 Å². The number of thiophene rings is 1. The van der Waals surface area contributed by atoms with Crippen molar-refractivity contribution in [2.45, 2.75) is 0 Å². The summed E-state index contributed by atoms with van der Waals surface area (Å²) in [4.78, 5) is 19.1. The molecule has 4 aromatic heterocycles. The number of hydrogen-bond acceptors (Lipinski definition) is 5. The molecule has 0 saturated heterocycles. The third kappa shape index (κ3) is 4.37. The molecule has 0 aliphatic carbocycles. The van der Waals surface area contributed by atoms with Crippen molar-refractivity contribution in [3.8, 4) is 45.3 Å². The molecule has 0 fully saturated rings. The van der Waals surface area contributed by atoms with Crippen molar-refractivity contribution in [3.05, 3.63) is 152 Å². The minimum atomic E-state index is 0.604. The lowest BCUT2D eigenvalue weighted by Gasteiger charge is -2.12. The summed E-state index contributed by atoms with van der Waals surface area (Å²) in [5.74, 6) is 1.84. The van der Waals surface area contributed by atoms with E-state index in [4.69, 9.17) is 19.4 Å². The van der Waals surface area contributed by atoms with Crippen LogP contribution >= 0.6 is 11.3 Å². The van der Waals surface area contributed by atoms with E-state index in [1.54, 1.807) is 11.3 Å². The number of aromatic amines is 1. The monoisotopic (exact) mass is 670 g/mol. The first-order chi connectivity index (χ1) is 25.3. The second-order valence-corrected chi connectivity index (χ2v) is 13.9. The van der Waals surface area contributed by atoms with Crippen LogP contribution in [0.2, 0.25) is 0 Å². The molecule has 0 bridgehead atoms. The molecule has 0 radical (unpaired) electrons. The van der Waals surface area contributed by atoms with Crippen molar-refractivity contribution in [2.75, 3.05) is 0 Å². The molecule has 11 rings (SSSR count). The van der Waals surface area contributed by atoms with Gasteiger partial charge in [-0.15, -0.1) is 11.3 Å². The lowest BCUT2D eigenvalue weighted by molar-refractivity contribution is 0.669. The molecule has 7 aromatic carbocycles. The fourth-order valence-corrected chi connectivity index (χ4v) is 8.80. The zero-order valence-corrected chi connectivity index (χ0v) is 27.9. The van der Waals surface area contributed by atoms with Crippen LogP contribution in [0.15, 0.2) is 156 Å². The third-order valence-corrected chi connectivity index (χ3v) is 11.1. The Morgan fingerprint density at radius 3 is 2.02 bits per heavy atom. The Balaban J connectivity index is 1.17. The van der Waals surface area contributed by atoms with Crippen LogP contribution in [-0.4, -0.2) is 19.9 Å². The van der Waals surface area contributed by atoms with E-state index in [-0.39, 0.29) is 0 Å². The number of nitrogens with zero attached hydrogens (tertiary/aromatic N) is 3. The van der Waals surface area contributed by atoms with E-state index in [1.165, 1.54) is 30.9 Å². The van der Waals surface area contributed by atoms with Gasteiger partial charge in [-0.05, 0) is 53.6 Å². The first-order valence-electron chi connectivity index (χ1n) is 16.9. The molecule has 0 saturated carbocycles. The van der Waals surface area contributed by atoms with Crippen LogP contribution in [0.4, 0.5) is 0 Å². The lowest BCUT2D eigenvalue weighted by atomic mass is 9.97. The van der Waals surface area contributed by atoms with Gasteiger partial charge in [-0.3, -0.25) is 0 Å². The van der Waals surface area contributed by atoms with Crippen LogP contribution in [-0.2, 0) is 0 Å². The average molecular weight is 671 g/mol. The molecule has 0 spiro atoms. The van der Waals surface area contributed by atoms with Gasteiger partial charge < -0.3 is 9.40 Å². The topological polar surface area (TPSA) is 67.6 Å². The van der Waals surface area contributed by atoms with Gasteiger partial charge in [0.2, 0.25) is 0 Å². The Kier molecular flexibility index (Phi) is 6.05. The summed E-state index contributed by atoms with van der Waals surface area (Å²) in [5.41, 5.74) is 8.83. The summed E-state index contributed by atoms with van der Waals surface area (Å²) in [6.07, 6.45) is 0. The Hall–Kier alpha value is -6.63. The number of H-pyrrole nitrogens is 1. The summed E-state index contributed by atoms with van der Waals surface area (Å²) in [5, 5.41) is 6.97. The van der Waals surface area contributed by atoms with Gasteiger partial charge in [-0.2, -0.15) is 0 Å². The predicted molar refractivity (Wildman–Crippen MR) is 211 cm³/mol. The molecule has 5 nitrogen and oxygen atoms in total. The molecule has 0 unspecified atom stereocenters. The zero-order valence-electron chi connectivity index (χ0n) is 27.1. The normalized spacial score (nSPS) is 11.9. The van der Waals surface area contributed by atoms with Gasteiger partial charge in [-0.1, -0.05) is 109 Å². The second-order valence-electron chi connectivity index (χ2n) is 12.8.